The van der Waals surface area contributed by atoms with Crippen LogP contribution in [0.25, 0.3) is 0 Å². The van der Waals surface area contributed by atoms with E-state index in [1.165, 1.54) is 7.11 Å². The van der Waals surface area contributed by atoms with E-state index >= 15 is 0 Å². The van der Waals surface area contributed by atoms with Crippen LogP contribution in [0.3, 0.4) is 0 Å². The van der Waals surface area contributed by atoms with Crippen LogP contribution in [-0.2, 0) is 16.1 Å². The first-order valence-electron chi connectivity index (χ1n) is 8.86. The number of anilines is 1. The Hall–Kier alpha value is -2.04. The molecule has 8 nitrogen and oxygen atoms in total. The van der Waals surface area contributed by atoms with Gasteiger partial charge in [-0.15, -0.1) is 24.0 Å². The van der Waals surface area contributed by atoms with Crippen LogP contribution >= 0.6 is 24.0 Å². The molecule has 1 aliphatic rings. The molecule has 2 rings (SSSR count). The quantitative estimate of drug-likeness (QED) is 0.194. The molecule has 0 bridgehead atoms. The van der Waals surface area contributed by atoms with Crippen LogP contribution in [0.5, 0.6) is 0 Å². The van der Waals surface area contributed by atoms with Crippen LogP contribution in [-0.4, -0.2) is 44.7 Å². The van der Waals surface area contributed by atoms with Gasteiger partial charge in [0.05, 0.1) is 13.7 Å². The lowest BCUT2D eigenvalue weighted by atomic mass is 10.2. The topological polar surface area (TPSA) is 104 Å². The molecular formula is C18H28IN5O3. The summed E-state index contributed by atoms with van der Waals surface area (Å²) in [6.45, 7) is 4.45. The van der Waals surface area contributed by atoms with E-state index in [9.17, 15) is 9.59 Å². The van der Waals surface area contributed by atoms with Crippen LogP contribution in [0, 0.1) is 5.92 Å². The summed E-state index contributed by atoms with van der Waals surface area (Å²) in [6, 6.07) is 7.40. The second-order valence-corrected chi connectivity index (χ2v) is 6.00. The second kappa shape index (κ2) is 12.4. The minimum atomic E-state index is -0.497. The molecular weight excluding hydrogens is 461 g/mol. The molecule has 1 aromatic rings. The van der Waals surface area contributed by atoms with Gasteiger partial charge in [-0.05, 0) is 37.5 Å². The predicted molar refractivity (Wildman–Crippen MR) is 116 cm³/mol. The maximum Gasteiger partial charge on any atom is 0.411 e. The number of nitrogens with one attached hydrogen (secondary N) is 4. The van der Waals surface area contributed by atoms with Gasteiger partial charge in [-0.2, -0.15) is 0 Å². The number of hydrogen-bond donors (Lipinski definition) is 4. The van der Waals surface area contributed by atoms with E-state index in [0.717, 1.165) is 24.9 Å². The molecule has 1 fully saturated rings. The summed E-state index contributed by atoms with van der Waals surface area (Å²) in [7, 11) is 1.32. The van der Waals surface area contributed by atoms with E-state index < -0.39 is 6.09 Å². The molecule has 9 heteroatoms. The fourth-order valence-corrected chi connectivity index (χ4v) is 2.23. The van der Waals surface area contributed by atoms with Gasteiger partial charge in [-0.25, -0.2) is 9.79 Å². The summed E-state index contributed by atoms with van der Waals surface area (Å²) in [6.07, 6.45) is 1.53. The number of amides is 2. The van der Waals surface area contributed by atoms with Crippen molar-refractivity contribution in [3.05, 3.63) is 29.8 Å². The van der Waals surface area contributed by atoms with Crippen molar-refractivity contribution < 1.29 is 14.3 Å². The summed E-state index contributed by atoms with van der Waals surface area (Å²) < 4.78 is 4.55. The summed E-state index contributed by atoms with van der Waals surface area (Å²) in [5, 5.41) is 11.9. The Morgan fingerprint density at radius 3 is 2.37 bits per heavy atom. The molecule has 1 aromatic carbocycles. The number of hydrogen-bond acceptors (Lipinski definition) is 4. The lowest BCUT2D eigenvalue weighted by molar-refractivity contribution is -0.122. The molecule has 1 aliphatic carbocycles. The van der Waals surface area contributed by atoms with Crippen LogP contribution in [0.2, 0.25) is 0 Å². The van der Waals surface area contributed by atoms with Gasteiger partial charge in [0.1, 0.15) is 0 Å². The third-order valence-electron chi connectivity index (χ3n) is 3.81. The number of aliphatic imine (C=N–C) groups is 1. The Morgan fingerprint density at radius 1 is 1.11 bits per heavy atom. The highest BCUT2D eigenvalue weighted by Gasteiger charge is 2.28. The molecule has 4 N–H and O–H groups in total. The van der Waals surface area contributed by atoms with Crippen LogP contribution in [0.1, 0.15) is 25.3 Å². The first kappa shape index (κ1) is 23.0. The Balaban J connectivity index is 0.00000364. The molecule has 0 aromatic heterocycles. The zero-order valence-corrected chi connectivity index (χ0v) is 18.0. The molecule has 0 heterocycles. The van der Waals surface area contributed by atoms with Crippen LogP contribution in [0.4, 0.5) is 10.5 Å². The minimum Gasteiger partial charge on any atom is -0.453 e. The maximum atomic E-state index is 11.6. The third-order valence-corrected chi connectivity index (χ3v) is 3.81. The van der Waals surface area contributed by atoms with Crippen LogP contribution < -0.4 is 21.3 Å². The SMILES string of the molecule is CCNC(=NCc1ccc(NC(=O)OC)cc1)NCCNC(=O)C1CC1.I. The number of carbonyl (C=O) groups excluding carboxylic acids is 2. The Kier molecular flexibility index (Phi) is 10.5. The normalized spacial score (nSPS) is 13.2. The van der Waals surface area contributed by atoms with Gasteiger partial charge in [0, 0.05) is 31.2 Å². The largest absolute Gasteiger partial charge is 0.453 e. The molecule has 0 saturated heterocycles. The third kappa shape index (κ3) is 8.94. The second-order valence-electron chi connectivity index (χ2n) is 6.00. The number of halogens is 1. The number of guanidine groups is 1. The van der Waals surface area contributed by atoms with E-state index in [1.807, 2.05) is 19.1 Å². The number of nitrogens with zero attached hydrogens (tertiary/aromatic N) is 1. The zero-order valence-electron chi connectivity index (χ0n) is 15.7. The number of methoxy groups -OCH3 is 1. The monoisotopic (exact) mass is 489 g/mol. The highest BCUT2D eigenvalue weighted by atomic mass is 127. The van der Waals surface area contributed by atoms with Gasteiger partial charge in [0.25, 0.3) is 0 Å². The molecule has 0 spiro atoms. The van der Waals surface area contributed by atoms with Crippen molar-refractivity contribution in [1.29, 1.82) is 0 Å². The molecule has 27 heavy (non-hydrogen) atoms. The summed E-state index contributed by atoms with van der Waals surface area (Å²) in [4.78, 5) is 27.3. The smallest absolute Gasteiger partial charge is 0.411 e. The molecule has 0 radical (unpaired) electrons. The molecule has 0 atom stereocenters. The fraction of sp³-hybridized carbons (Fsp3) is 0.500. The lowest BCUT2D eigenvalue weighted by Crippen LogP contribution is -2.41. The first-order valence-corrected chi connectivity index (χ1v) is 8.86. The Labute approximate surface area is 176 Å². The van der Waals surface area contributed by atoms with Crippen molar-refractivity contribution in [1.82, 2.24) is 16.0 Å². The van der Waals surface area contributed by atoms with Crippen molar-refractivity contribution in [3.8, 4) is 0 Å². The number of rotatable bonds is 8. The number of carbonyl (C=O) groups is 2. The van der Waals surface area contributed by atoms with Gasteiger partial charge < -0.3 is 20.7 Å². The van der Waals surface area contributed by atoms with Crippen molar-refractivity contribution in [2.75, 3.05) is 32.1 Å². The Bertz CT molecular complexity index is 632. The van der Waals surface area contributed by atoms with Crippen molar-refractivity contribution in [2.24, 2.45) is 10.9 Å². The number of benzene rings is 1. The molecule has 150 valence electrons. The summed E-state index contributed by atoms with van der Waals surface area (Å²) in [5.41, 5.74) is 1.68. The maximum absolute atomic E-state index is 11.6. The Morgan fingerprint density at radius 2 is 1.78 bits per heavy atom. The van der Waals surface area contributed by atoms with E-state index in [0.29, 0.717) is 31.3 Å². The number of ether oxygens (including phenoxy) is 1. The zero-order chi connectivity index (χ0) is 18.8. The minimum absolute atomic E-state index is 0. The van der Waals surface area contributed by atoms with Gasteiger partial charge in [-0.1, -0.05) is 12.1 Å². The predicted octanol–water partition coefficient (Wildman–Crippen LogP) is 2.06. The van der Waals surface area contributed by atoms with Crippen molar-refractivity contribution in [3.63, 3.8) is 0 Å². The average molecular weight is 489 g/mol. The van der Waals surface area contributed by atoms with E-state index in [1.54, 1.807) is 12.1 Å². The molecule has 0 aliphatic heterocycles. The van der Waals surface area contributed by atoms with Gasteiger partial charge in [0.2, 0.25) is 5.91 Å². The summed E-state index contributed by atoms with van der Waals surface area (Å²) >= 11 is 0. The molecule has 0 unspecified atom stereocenters. The van der Waals surface area contributed by atoms with Crippen molar-refractivity contribution >= 4 is 47.6 Å². The van der Waals surface area contributed by atoms with Crippen LogP contribution in [0.15, 0.2) is 29.3 Å². The van der Waals surface area contributed by atoms with Crippen molar-refractivity contribution in [2.45, 2.75) is 26.3 Å². The standard InChI is InChI=1S/C18H27N5O3.HI/c1-3-19-17(21-11-10-20-16(24)14-6-7-14)22-12-13-4-8-15(9-5-13)23-18(25)26-2;/h4-5,8-9,14H,3,6-7,10-12H2,1-2H3,(H,20,24)(H,23,25)(H2,19,21,22);1H. The first-order chi connectivity index (χ1) is 12.6. The van der Waals surface area contributed by atoms with E-state index in [4.69, 9.17) is 0 Å². The fourth-order valence-electron chi connectivity index (χ4n) is 2.23. The van der Waals surface area contributed by atoms with Gasteiger partial charge in [0.15, 0.2) is 5.96 Å². The highest BCUT2D eigenvalue weighted by molar-refractivity contribution is 14.0. The van der Waals surface area contributed by atoms with E-state index in [-0.39, 0.29) is 35.8 Å². The lowest BCUT2D eigenvalue weighted by Gasteiger charge is -2.12. The van der Waals surface area contributed by atoms with Gasteiger partial charge in [-0.3, -0.25) is 10.1 Å². The summed E-state index contributed by atoms with van der Waals surface area (Å²) in [5.74, 6) is 1.08. The molecule has 1 saturated carbocycles. The highest BCUT2D eigenvalue weighted by Crippen LogP contribution is 2.28. The molecule has 2 amide bonds. The average Bonchev–Trinajstić information content (AvgIpc) is 3.49. The van der Waals surface area contributed by atoms with E-state index in [2.05, 4.69) is 31.0 Å². The van der Waals surface area contributed by atoms with Gasteiger partial charge >= 0.3 is 6.09 Å².